The number of furan rings is 1. The summed E-state index contributed by atoms with van der Waals surface area (Å²) in [5.41, 5.74) is 12.0. The number of imidazole rings is 1. The van der Waals surface area contributed by atoms with Gasteiger partial charge in [0.1, 0.15) is 11.4 Å². The average molecular weight is 642 g/mol. The molecule has 8 rings (SSSR count). The minimum Gasteiger partial charge on any atom is -0.437 e. The van der Waals surface area contributed by atoms with E-state index in [2.05, 4.69) is 162 Å². The number of hydrogen-bond donors (Lipinski definition) is 0. The van der Waals surface area contributed by atoms with Crippen LogP contribution in [0.5, 0.6) is 0 Å². The Hall–Kier alpha value is -5.22. The maximum absolute atomic E-state index is 6.74. The molecule has 0 atom stereocenters. The van der Waals surface area contributed by atoms with Crippen LogP contribution in [0.3, 0.4) is 0 Å². The number of benzene rings is 5. The third-order valence-corrected chi connectivity index (χ3v) is 9.66. The standard InChI is InChI=1S/C45H43N3O/c1-27(2)37-24-31(29-14-9-8-10-15-29)25-38(28(3)4)40(37)48-41-33-17-12-11-16-30(33)20-23-39(41)47-43(48)36-19-13-18-34-35-22-21-32(26-45(5,6)7)46-44(35)49-42(34)36/h8-25,27-28H,26H2,1-7H3. The zero-order valence-corrected chi connectivity index (χ0v) is 29.5. The minimum atomic E-state index is 0.129. The summed E-state index contributed by atoms with van der Waals surface area (Å²) in [6.07, 6.45) is 0.880. The zero-order valence-electron chi connectivity index (χ0n) is 29.5. The molecule has 244 valence electrons. The minimum absolute atomic E-state index is 0.129. The molecule has 0 radical (unpaired) electrons. The highest BCUT2D eigenvalue weighted by molar-refractivity contribution is 6.11. The summed E-state index contributed by atoms with van der Waals surface area (Å²) in [7, 11) is 0. The number of fused-ring (bicyclic) bond motifs is 6. The van der Waals surface area contributed by atoms with Crippen LogP contribution < -0.4 is 0 Å². The lowest BCUT2D eigenvalue weighted by Crippen LogP contribution is -2.10. The summed E-state index contributed by atoms with van der Waals surface area (Å²) in [5, 5.41) is 4.46. The highest BCUT2D eigenvalue weighted by atomic mass is 16.3. The van der Waals surface area contributed by atoms with Gasteiger partial charge in [0, 0.05) is 21.9 Å². The lowest BCUT2D eigenvalue weighted by Gasteiger charge is -2.24. The van der Waals surface area contributed by atoms with Crippen molar-refractivity contribution in [1.29, 1.82) is 0 Å². The first-order chi connectivity index (χ1) is 23.6. The summed E-state index contributed by atoms with van der Waals surface area (Å²) in [6, 6.07) is 39.3. The van der Waals surface area contributed by atoms with E-state index in [1.807, 2.05) is 0 Å². The van der Waals surface area contributed by atoms with E-state index in [0.29, 0.717) is 5.71 Å². The molecular weight excluding hydrogens is 599 g/mol. The van der Waals surface area contributed by atoms with Crippen LogP contribution >= 0.6 is 0 Å². The SMILES string of the molecule is CC(C)c1cc(-c2ccccc2)cc(C(C)C)c1-n1c(-c2cccc3c2oc2nc(CC(C)(C)C)ccc23)nc2ccc3ccccc3c21. The van der Waals surface area contributed by atoms with Gasteiger partial charge >= 0.3 is 0 Å². The Morgan fingerprint density at radius 2 is 1.35 bits per heavy atom. The van der Waals surface area contributed by atoms with E-state index in [4.69, 9.17) is 14.4 Å². The second kappa shape index (κ2) is 11.7. The Morgan fingerprint density at radius 3 is 2.06 bits per heavy atom. The second-order valence-electron chi connectivity index (χ2n) is 15.3. The fourth-order valence-corrected chi connectivity index (χ4v) is 7.39. The molecule has 3 heterocycles. The van der Waals surface area contributed by atoms with Crippen molar-refractivity contribution in [2.24, 2.45) is 5.41 Å². The summed E-state index contributed by atoms with van der Waals surface area (Å²) in [6.45, 7) is 15.9. The average Bonchev–Trinajstić information content (AvgIpc) is 3.65. The molecule has 3 aromatic heterocycles. The maximum atomic E-state index is 6.74. The summed E-state index contributed by atoms with van der Waals surface area (Å²) in [4.78, 5) is 10.5. The molecule has 0 N–H and O–H groups in total. The Balaban J connectivity index is 1.48. The third-order valence-electron chi connectivity index (χ3n) is 9.66. The summed E-state index contributed by atoms with van der Waals surface area (Å²) in [5.74, 6) is 1.41. The first kappa shape index (κ1) is 31.1. The predicted molar refractivity (Wildman–Crippen MR) is 206 cm³/mol. The Labute approximate surface area is 288 Å². The zero-order chi connectivity index (χ0) is 34.0. The first-order valence-electron chi connectivity index (χ1n) is 17.5. The normalized spacial score (nSPS) is 12.4. The number of pyridine rings is 1. The van der Waals surface area contributed by atoms with Gasteiger partial charge in [0.15, 0.2) is 0 Å². The lowest BCUT2D eigenvalue weighted by molar-refractivity contribution is 0.406. The van der Waals surface area contributed by atoms with E-state index in [0.717, 1.165) is 50.9 Å². The Kier molecular flexibility index (Phi) is 7.44. The topological polar surface area (TPSA) is 43.9 Å². The molecule has 0 fully saturated rings. The van der Waals surface area contributed by atoms with Crippen LogP contribution in [0.2, 0.25) is 0 Å². The van der Waals surface area contributed by atoms with Crippen LogP contribution in [0.15, 0.2) is 114 Å². The van der Waals surface area contributed by atoms with Gasteiger partial charge in [-0.15, -0.1) is 0 Å². The van der Waals surface area contributed by atoms with Gasteiger partial charge in [0.2, 0.25) is 5.71 Å². The van der Waals surface area contributed by atoms with Crippen molar-refractivity contribution >= 4 is 43.9 Å². The van der Waals surface area contributed by atoms with Crippen LogP contribution in [0.4, 0.5) is 0 Å². The van der Waals surface area contributed by atoms with E-state index in [1.165, 1.54) is 38.7 Å². The highest BCUT2D eigenvalue weighted by Gasteiger charge is 2.26. The number of para-hydroxylation sites is 1. The highest BCUT2D eigenvalue weighted by Crippen LogP contribution is 2.43. The van der Waals surface area contributed by atoms with Gasteiger partial charge in [-0.05, 0) is 87.7 Å². The molecule has 0 aliphatic heterocycles. The van der Waals surface area contributed by atoms with Crippen LogP contribution in [0, 0.1) is 5.41 Å². The number of hydrogen-bond acceptors (Lipinski definition) is 3. The molecule has 0 amide bonds. The van der Waals surface area contributed by atoms with Gasteiger partial charge in [-0.1, -0.05) is 121 Å². The van der Waals surface area contributed by atoms with Crippen molar-refractivity contribution in [3.8, 4) is 28.2 Å². The van der Waals surface area contributed by atoms with Crippen LogP contribution in [0.25, 0.3) is 72.1 Å². The molecule has 4 nitrogen and oxygen atoms in total. The van der Waals surface area contributed by atoms with Crippen molar-refractivity contribution in [3.05, 3.63) is 126 Å². The molecule has 0 spiro atoms. The fourth-order valence-electron chi connectivity index (χ4n) is 7.39. The van der Waals surface area contributed by atoms with Crippen molar-refractivity contribution in [2.75, 3.05) is 0 Å². The molecule has 0 saturated heterocycles. The van der Waals surface area contributed by atoms with Gasteiger partial charge < -0.3 is 4.42 Å². The van der Waals surface area contributed by atoms with Crippen LogP contribution in [-0.2, 0) is 6.42 Å². The maximum Gasteiger partial charge on any atom is 0.227 e. The Morgan fingerprint density at radius 1 is 0.653 bits per heavy atom. The molecule has 8 aromatic rings. The summed E-state index contributed by atoms with van der Waals surface area (Å²) < 4.78 is 9.18. The van der Waals surface area contributed by atoms with Crippen LogP contribution in [-0.4, -0.2) is 14.5 Å². The van der Waals surface area contributed by atoms with Crippen molar-refractivity contribution < 1.29 is 4.42 Å². The lowest BCUT2D eigenvalue weighted by atomic mass is 9.88. The van der Waals surface area contributed by atoms with Gasteiger partial charge in [-0.3, -0.25) is 4.57 Å². The van der Waals surface area contributed by atoms with E-state index in [9.17, 15) is 0 Å². The Bertz CT molecular complexity index is 2480. The summed E-state index contributed by atoms with van der Waals surface area (Å²) >= 11 is 0. The van der Waals surface area contributed by atoms with Crippen molar-refractivity contribution in [2.45, 2.75) is 66.7 Å². The molecule has 0 aliphatic carbocycles. The number of nitrogens with zero attached hydrogens (tertiary/aromatic N) is 3. The molecule has 5 aromatic carbocycles. The van der Waals surface area contributed by atoms with E-state index < -0.39 is 0 Å². The quantitative estimate of drug-likeness (QED) is 0.181. The predicted octanol–water partition coefficient (Wildman–Crippen LogP) is 12.6. The molecule has 0 unspecified atom stereocenters. The van der Waals surface area contributed by atoms with Crippen molar-refractivity contribution in [3.63, 3.8) is 0 Å². The van der Waals surface area contributed by atoms with Gasteiger partial charge in [-0.2, -0.15) is 0 Å². The van der Waals surface area contributed by atoms with E-state index in [-0.39, 0.29) is 17.3 Å². The molecule has 4 heteroatoms. The van der Waals surface area contributed by atoms with Crippen molar-refractivity contribution in [1.82, 2.24) is 14.5 Å². The van der Waals surface area contributed by atoms with Gasteiger partial charge in [-0.25, -0.2) is 9.97 Å². The third kappa shape index (κ3) is 5.40. The monoisotopic (exact) mass is 641 g/mol. The largest absolute Gasteiger partial charge is 0.437 e. The smallest absolute Gasteiger partial charge is 0.227 e. The van der Waals surface area contributed by atoms with Gasteiger partial charge in [0.25, 0.3) is 0 Å². The first-order valence-corrected chi connectivity index (χ1v) is 17.5. The molecule has 0 saturated carbocycles. The van der Waals surface area contributed by atoms with E-state index in [1.54, 1.807) is 0 Å². The molecule has 49 heavy (non-hydrogen) atoms. The number of rotatable bonds is 6. The molecule has 0 bridgehead atoms. The van der Waals surface area contributed by atoms with Crippen LogP contribution in [0.1, 0.15) is 77.1 Å². The second-order valence-corrected chi connectivity index (χ2v) is 15.3. The van der Waals surface area contributed by atoms with E-state index >= 15 is 0 Å². The molecular formula is C45H43N3O. The van der Waals surface area contributed by atoms with Gasteiger partial charge in [0.05, 0.1) is 22.3 Å². The molecule has 0 aliphatic rings. The number of aromatic nitrogens is 3. The fraction of sp³-hybridized carbons (Fsp3) is 0.244.